The number of carbonyl (C=O) groups excluding carboxylic acids is 1. The molecule has 0 bridgehead atoms. The molecule has 0 radical (unpaired) electrons. The van der Waals surface area contributed by atoms with Crippen LogP contribution in [0.2, 0.25) is 0 Å². The molecule has 68 valence electrons. The third-order valence-corrected chi connectivity index (χ3v) is 1.53. The van der Waals surface area contributed by atoms with Gasteiger partial charge in [-0.2, -0.15) is 0 Å². The predicted octanol–water partition coefficient (Wildman–Crippen LogP) is 0.331. The maximum Gasteiger partial charge on any atom is 0.306 e. The van der Waals surface area contributed by atoms with E-state index in [1.54, 1.807) is 0 Å². The number of carbonyl (C=O) groups is 1. The maximum atomic E-state index is 11.2. The summed E-state index contributed by atoms with van der Waals surface area (Å²) in [5.74, 6) is 0.0613. The highest BCUT2D eigenvalue weighted by atomic mass is 16.5. The largest absolute Gasteiger partial charge is 0.474 e. The standard InChI is InChI=1S/C8H14N2O2/c1-2-4-9-7(11)8-10-5-3-6-12-8/h2-6H2,1H3,(H,9,11). The fourth-order valence-electron chi connectivity index (χ4n) is 0.911. The van der Waals surface area contributed by atoms with Crippen molar-refractivity contribution in [1.29, 1.82) is 0 Å². The summed E-state index contributed by atoms with van der Waals surface area (Å²) < 4.78 is 5.07. The first-order valence-corrected chi connectivity index (χ1v) is 4.30. The number of amides is 1. The minimum atomic E-state index is -0.184. The Kier molecular flexibility index (Phi) is 3.57. The van der Waals surface area contributed by atoms with Gasteiger partial charge in [-0.05, 0) is 6.42 Å². The van der Waals surface area contributed by atoms with Crippen LogP contribution in [0.25, 0.3) is 0 Å². The van der Waals surface area contributed by atoms with Gasteiger partial charge in [-0.3, -0.25) is 4.79 Å². The number of rotatable bonds is 3. The van der Waals surface area contributed by atoms with Gasteiger partial charge in [0.2, 0.25) is 0 Å². The Balaban J connectivity index is 2.35. The van der Waals surface area contributed by atoms with E-state index < -0.39 is 0 Å². The van der Waals surface area contributed by atoms with Crippen LogP contribution in [-0.4, -0.2) is 31.5 Å². The van der Waals surface area contributed by atoms with Crippen LogP contribution in [0, 0.1) is 0 Å². The number of hydrogen-bond acceptors (Lipinski definition) is 3. The van der Waals surface area contributed by atoms with Crippen molar-refractivity contribution in [2.24, 2.45) is 4.99 Å². The van der Waals surface area contributed by atoms with E-state index in [0.29, 0.717) is 19.7 Å². The van der Waals surface area contributed by atoms with E-state index >= 15 is 0 Å². The molecule has 1 rings (SSSR count). The number of ether oxygens (including phenoxy) is 1. The summed E-state index contributed by atoms with van der Waals surface area (Å²) >= 11 is 0. The molecular weight excluding hydrogens is 156 g/mol. The first-order valence-electron chi connectivity index (χ1n) is 4.30. The molecule has 0 aromatic rings. The highest BCUT2D eigenvalue weighted by Crippen LogP contribution is 1.96. The summed E-state index contributed by atoms with van der Waals surface area (Å²) in [7, 11) is 0. The van der Waals surface area contributed by atoms with Gasteiger partial charge < -0.3 is 10.1 Å². The molecule has 0 saturated heterocycles. The van der Waals surface area contributed by atoms with E-state index in [1.165, 1.54) is 0 Å². The van der Waals surface area contributed by atoms with Gasteiger partial charge >= 0.3 is 5.91 Å². The Morgan fingerprint density at radius 3 is 3.17 bits per heavy atom. The van der Waals surface area contributed by atoms with E-state index in [-0.39, 0.29) is 11.8 Å². The van der Waals surface area contributed by atoms with Crippen molar-refractivity contribution in [3.8, 4) is 0 Å². The molecule has 1 aliphatic heterocycles. The Labute approximate surface area is 72.0 Å². The minimum absolute atomic E-state index is 0.184. The van der Waals surface area contributed by atoms with Crippen LogP contribution in [0.1, 0.15) is 19.8 Å². The summed E-state index contributed by atoms with van der Waals surface area (Å²) in [6.07, 6.45) is 1.84. The zero-order valence-electron chi connectivity index (χ0n) is 7.30. The van der Waals surface area contributed by atoms with Crippen molar-refractivity contribution in [2.45, 2.75) is 19.8 Å². The van der Waals surface area contributed by atoms with Crippen LogP contribution in [0.5, 0.6) is 0 Å². The lowest BCUT2D eigenvalue weighted by atomic mass is 10.4. The lowest BCUT2D eigenvalue weighted by Crippen LogP contribution is -2.35. The normalized spacial score (nSPS) is 16.2. The van der Waals surface area contributed by atoms with E-state index in [4.69, 9.17) is 4.74 Å². The van der Waals surface area contributed by atoms with Gasteiger partial charge in [0.05, 0.1) is 6.61 Å². The SMILES string of the molecule is CCCNC(=O)C1=NCCCO1. The minimum Gasteiger partial charge on any atom is -0.474 e. The van der Waals surface area contributed by atoms with Crippen LogP contribution in [0.15, 0.2) is 4.99 Å². The summed E-state index contributed by atoms with van der Waals surface area (Å²) in [6.45, 7) is 4.00. The average molecular weight is 170 g/mol. The molecule has 1 amide bonds. The molecule has 0 unspecified atom stereocenters. The summed E-state index contributed by atoms with van der Waals surface area (Å²) in [4.78, 5) is 15.2. The van der Waals surface area contributed by atoms with Gasteiger partial charge in [0.25, 0.3) is 5.90 Å². The van der Waals surface area contributed by atoms with Crippen LogP contribution in [0.3, 0.4) is 0 Å². The van der Waals surface area contributed by atoms with Crippen molar-refractivity contribution < 1.29 is 9.53 Å². The molecule has 0 atom stereocenters. The van der Waals surface area contributed by atoms with Crippen LogP contribution < -0.4 is 5.32 Å². The Hall–Kier alpha value is -1.06. The first-order chi connectivity index (χ1) is 5.84. The molecule has 0 saturated carbocycles. The number of hydrogen-bond donors (Lipinski definition) is 1. The number of nitrogens with zero attached hydrogens (tertiary/aromatic N) is 1. The summed E-state index contributed by atoms with van der Waals surface area (Å²) in [5.41, 5.74) is 0. The van der Waals surface area contributed by atoms with Crippen molar-refractivity contribution >= 4 is 11.8 Å². The fourth-order valence-corrected chi connectivity index (χ4v) is 0.911. The summed E-state index contributed by atoms with van der Waals surface area (Å²) in [6, 6.07) is 0. The quantitative estimate of drug-likeness (QED) is 0.663. The molecule has 1 N–H and O–H groups in total. The molecule has 0 aliphatic carbocycles. The molecule has 12 heavy (non-hydrogen) atoms. The third-order valence-electron chi connectivity index (χ3n) is 1.53. The van der Waals surface area contributed by atoms with E-state index in [1.807, 2.05) is 6.92 Å². The van der Waals surface area contributed by atoms with Gasteiger partial charge in [-0.25, -0.2) is 4.99 Å². The van der Waals surface area contributed by atoms with E-state index in [2.05, 4.69) is 10.3 Å². The molecule has 1 aliphatic rings. The highest BCUT2D eigenvalue weighted by molar-refractivity contribution is 6.35. The van der Waals surface area contributed by atoms with Crippen molar-refractivity contribution in [3.05, 3.63) is 0 Å². The Bertz CT molecular complexity index is 189. The van der Waals surface area contributed by atoms with Gasteiger partial charge in [0.15, 0.2) is 0 Å². The lowest BCUT2D eigenvalue weighted by molar-refractivity contribution is -0.116. The number of aliphatic imine (C=N–C) groups is 1. The second-order valence-electron chi connectivity index (χ2n) is 2.64. The lowest BCUT2D eigenvalue weighted by Gasteiger charge is -2.12. The molecule has 0 aromatic heterocycles. The van der Waals surface area contributed by atoms with E-state index in [0.717, 1.165) is 12.8 Å². The van der Waals surface area contributed by atoms with Gasteiger partial charge in [0.1, 0.15) is 0 Å². The third kappa shape index (κ3) is 2.53. The monoisotopic (exact) mass is 170 g/mol. The smallest absolute Gasteiger partial charge is 0.306 e. The van der Waals surface area contributed by atoms with Gasteiger partial charge in [-0.15, -0.1) is 0 Å². The molecule has 4 nitrogen and oxygen atoms in total. The molecule has 0 spiro atoms. The molecular formula is C8H14N2O2. The van der Waals surface area contributed by atoms with Crippen molar-refractivity contribution in [3.63, 3.8) is 0 Å². The number of nitrogens with one attached hydrogen (secondary N) is 1. The highest BCUT2D eigenvalue weighted by Gasteiger charge is 2.14. The molecule has 0 fully saturated rings. The second kappa shape index (κ2) is 4.74. The Morgan fingerprint density at radius 2 is 2.58 bits per heavy atom. The zero-order valence-corrected chi connectivity index (χ0v) is 7.30. The van der Waals surface area contributed by atoms with Gasteiger partial charge in [0, 0.05) is 19.5 Å². The van der Waals surface area contributed by atoms with Crippen molar-refractivity contribution in [1.82, 2.24) is 5.32 Å². The molecule has 1 heterocycles. The van der Waals surface area contributed by atoms with Crippen molar-refractivity contribution in [2.75, 3.05) is 19.7 Å². The zero-order chi connectivity index (χ0) is 8.81. The fraction of sp³-hybridized carbons (Fsp3) is 0.750. The predicted molar refractivity (Wildman–Crippen MR) is 46.2 cm³/mol. The molecule has 0 aromatic carbocycles. The van der Waals surface area contributed by atoms with Crippen LogP contribution in [0.4, 0.5) is 0 Å². The topological polar surface area (TPSA) is 50.7 Å². The Morgan fingerprint density at radius 1 is 1.75 bits per heavy atom. The molecule has 4 heteroatoms. The summed E-state index contributed by atoms with van der Waals surface area (Å²) in [5, 5.41) is 2.71. The second-order valence-corrected chi connectivity index (χ2v) is 2.64. The van der Waals surface area contributed by atoms with Gasteiger partial charge in [-0.1, -0.05) is 6.92 Å². The van der Waals surface area contributed by atoms with Crippen LogP contribution in [-0.2, 0) is 9.53 Å². The van der Waals surface area contributed by atoms with Crippen LogP contribution >= 0.6 is 0 Å². The maximum absolute atomic E-state index is 11.2. The van der Waals surface area contributed by atoms with E-state index in [9.17, 15) is 4.79 Å². The first kappa shape index (κ1) is 9.03. The average Bonchev–Trinajstić information content (AvgIpc) is 2.15.